The van der Waals surface area contributed by atoms with E-state index in [0.29, 0.717) is 36.1 Å². The average Bonchev–Trinajstić information content (AvgIpc) is 2.78. The molecule has 2 N–H and O–H groups in total. The van der Waals surface area contributed by atoms with Crippen molar-refractivity contribution in [2.75, 3.05) is 44.7 Å². The van der Waals surface area contributed by atoms with Crippen molar-refractivity contribution in [2.24, 2.45) is 0 Å². The van der Waals surface area contributed by atoms with Gasteiger partial charge in [-0.2, -0.15) is 0 Å². The van der Waals surface area contributed by atoms with Crippen LogP contribution in [0.15, 0.2) is 48.5 Å². The van der Waals surface area contributed by atoms with Crippen molar-refractivity contribution in [1.82, 2.24) is 0 Å². The molecule has 2 rings (SSSR count). The number of rotatable bonds is 12. The summed E-state index contributed by atoms with van der Waals surface area (Å²) < 4.78 is 20.9. The van der Waals surface area contributed by atoms with Crippen LogP contribution in [0.25, 0.3) is 6.08 Å². The molecule has 0 saturated carbocycles. The third kappa shape index (κ3) is 8.69. The molecule has 0 aliphatic rings. The second kappa shape index (κ2) is 13.7. The van der Waals surface area contributed by atoms with Crippen LogP contribution in [0, 0.1) is 0 Å². The monoisotopic (exact) mass is 442 g/mol. The number of hydrogen-bond acceptors (Lipinski definition) is 6. The maximum absolute atomic E-state index is 12.3. The van der Waals surface area contributed by atoms with Crippen molar-refractivity contribution in [3.63, 3.8) is 0 Å². The Morgan fingerprint density at radius 1 is 0.938 bits per heavy atom. The van der Waals surface area contributed by atoms with E-state index in [1.54, 1.807) is 37.5 Å². The fourth-order valence-electron chi connectivity index (χ4n) is 2.64. The minimum atomic E-state index is -0.596. The van der Waals surface area contributed by atoms with E-state index in [1.807, 2.05) is 18.2 Å². The summed E-state index contributed by atoms with van der Waals surface area (Å²) in [5.41, 5.74) is 1.83. The van der Waals surface area contributed by atoms with Gasteiger partial charge in [0.1, 0.15) is 6.61 Å². The van der Waals surface area contributed by atoms with Crippen molar-refractivity contribution < 1.29 is 28.5 Å². The molecule has 8 heteroatoms. The van der Waals surface area contributed by atoms with Crippen LogP contribution in [0.4, 0.5) is 16.2 Å². The van der Waals surface area contributed by atoms with E-state index < -0.39 is 6.09 Å². The smallest absolute Gasteiger partial charge is 0.411 e. The highest BCUT2D eigenvalue weighted by Gasteiger charge is 2.06. The Morgan fingerprint density at radius 3 is 2.44 bits per heavy atom. The predicted octanol–water partition coefficient (Wildman–Crippen LogP) is 4.72. The number of carbonyl (C=O) groups excluding carboxylic acids is 2. The first-order valence-electron chi connectivity index (χ1n) is 10.4. The Morgan fingerprint density at radius 2 is 1.72 bits per heavy atom. The maximum Gasteiger partial charge on any atom is 0.411 e. The summed E-state index contributed by atoms with van der Waals surface area (Å²) in [4.78, 5) is 24.0. The number of amides is 2. The Balaban J connectivity index is 1.93. The molecule has 32 heavy (non-hydrogen) atoms. The minimum Gasteiger partial charge on any atom is -0.493 e. The number of nitrogens with one attached hydrogen (secondary N) is 2. The number of ether oxygens (including phenoxy) is 4. The SMILES string of the molecule is CCCCOc1ccc(/C=C/C(=O)Nc2cccc(NC(=O)OCCOC)c2)cc1OC. The molecule has 2 aromatic rings. The molecule has 0 aliphatic heterocycles. The van der Waals surface area contributed by atoms with Gasteiger partial charge < -0.3 is 24.3 Å². The van der Waals surface area contributed by atoms with Crippen LogP contribution in [0.1, 0.15) is 25.3 Å². The van der Waals surface area contributed by atoms with Crippen LogP contribution in [-0.4, -0.2) is 46.0 Å². The Bertz CT molecular complexity index is 913. The predicted molar refractivity (Wildman–Crippen MR) is 124 cm³/mol. The highest BCUT2D eigenvalue weighted by Crippen LogP contribution is 2.28. The first-order valence-corrected chi connectivity index (χ1v) is 10.4. The molecule has 0 radical (unpaired) electrons. The molecule has 172 valence electrons. The van der Waals surface area contributed by atoms with Gasteiger partial charge in [-0.15, -0.1) is 0 Å². The van der Waals surface area contributed by atoms with Crippen LogP contribution in [-0.2, 0) is 14.3 Å². The molecule has 0 atom stereocenters. The van der Waals surface area contributed by atoms with Crippen molar-refractivity contribution in [1.29, 1.82) is 0 Å². The van der Waals surface area contributed by atoms with E-state index in [4.69, 9.17) is 18.9 Å². The highest BCUT2D eigenvalue weighted by atomic mass is 16.6. The molecule has 0 spiro atoms. The van der Waals surface area contributed by atoms with Crippen LogP contribution < -0.4 is 20.1 Å². The number of hydrogen-bond donors (Lipinski definition) is 2. The van der Waals surface area contributed by atoms with Gasteiger partial charge in [-0.3, -0.25) is 10.1 Å². The zero-order valence-corrected chi connectivity index (χ0v) is 18.7. The third-order valence-electron chi connectivity index (χ3n) is 4.27. The summed E-state index contributed by atoms with van der Waals surface area (Å²) >= 11 is 0. The van der Waals surface area contributed by atoms with Gasteiger partial charge in [0.2, 0.25) is 5.91 Å². The van der Waals surface area contributed by atoms with E-state index in [-0.39, 0.29) is 12.5 Å². The van der Waals surface area contributed by atoms with Gasteiger partial charge in [0.15, 0.2) is 11.5 Å². The molecule has 2 aromatic carbocycles. The maximum atomic E-state index is 12.3. The summed E-state index contributed by atoms with van der Waals surface area (Å²) in [6, 6.07) is 12.3. The van der Waals surface area contributed by atoms with Crippen LogP contribution in [0.3, 0.4) is 0 Å². The quantitative estimate of drug-likeness (QED) is 0.365. The van der Waals surface area contributed by atoms with E-state index in [1.165, 1.54) is 13.2 Å². The molecule has 0 heterocycles. The summed E-state index contributed by atoms with van der Waals surface area (Å²) in [7, 11) is 3.10. The van der Waals surface area contributed by atoms with Crippen molar-refractivity contribution in [3.05, 3.63) is 54.1 Å². The molecule has 8 nitrogen and oxygen atoms in total. The van der Waals surface area contributed by atoms with Crippen LogP contribution >= 0.6 is 0 Å². The number of carbonyl (C=O) groups is 2. The third-order valence-corrected chi connectivity index (χ3v) is 4.27. The summed E-state index contributed by atoms with van der Waals surface area (Å²) in [6.07, 6.45) is 4.53. The molecule has 0 aliphatic carbocycles. The Labute approximate surface area is 188 Å². The molecule has 0 bridgehead atoms. The Kier molecular flexibility index (Phi) is 10.6. The zero-order valence-electron chi connectivity index (χ0n) is 18.7. The number of unbranched alkanes of at least 4 members (excludes halogenated alkanes) is 1. The lowest BCUT2D eigenvalue weighted by molar-refractivity contribution is -0.111. The van der Waals surface area contributed by atoms with Gasteiger partial charge in [-0.1, -0.05) is 25.5 Å². The Hall–Kier alpha value is -3.52. The summed E-state index contributed by atoms with van der Waals surface area (Å²) in [5.74, 6) is 0.972. The highest BCUT2D eigenvalue weighted by molar-refractivity contribution is 6.02. The fraction of sp³-hybridized carbons (Fsp3) is 0.333. The average molecular weight is 443 g/mol. The fourth-order valence-corrected chi connectivity index (χ4v) is 2.64. The molecule has 2 amide bonds. The lowest BCUT2D eigenvalue weighted by atomic mass is 10.2. The first-order chi connectivity index (χ1) is 15.5. The second-order valence-electron chi connectivity index (χ2n) is 6.77. The molecule has 0 aromatic heterocycles. The van der Waals surface area contributed by atoms with E-state index >= 15 is 0 Å². The van der Waals surface area contributed by atoms with Gasteiger partial charge in [0.25, 0.3) is 0 Å². The molecule has 0 fully saturated rings. The first kappa shape index (κ1) is 24.7. The van der Waals surface area contributed by atoms with Gasteiger partial charge in [0.05, 0.1) is 20.3 Å². The largest absolute Gasteiger partial charge is 0.493 e. The van der Waals surface area contributed by atoms with Gasteiger partial charge >= 0.3 is 6.09 Å². The summed E-state index contributed by atoms with van der Waals surface area (Å²) in [5, 5.41) is 5.36. The minimum absolute atomic E-state index is 0.153. The van der Waals surface area contributed by atoms with E-state index in [9.17, 15) is 9.59 Å². The molecule has 0 unspecified atom stereocenters. The lowest BCUT2D eigenvalue weighted by Gasteiger charge is -2.11. The van der Waals surface area contributed by atoms with E-state index in [0.717, 1.165) is 18.4 Å². The number of benzene rings is 2. The van der Waals surface area contributed by atoms with Crippen LogP contribution in [0.2, 0.25) is 0 Å². The zero-order chi connectivity index (χ0) is 23.2. The van der Waals surface area contributed by atoms with Crippen molar-refractivity contribution in [3.8, 4) is 11.5 Å². The van der Waals surface area contributed by atoms with E-state index in [2.05, 4.69) is 17.6 Å². The molecular weight excluding hydrogens is 412 g/mol. The topological polar surface area (TPSA) is 95.1 Å². The van der Waals surface area contributed by atoms with Gasteiger partial charge in [0, 0.05) is 24.6 Å². The van der Waals surface area contributed by atoms with Crippen LogP contribution in [0.5, 0.6) is 11.5 Å². The molecule has 0 saturated heterocycles. The van der Waals surface area contributed by atoms with Gasteiger partial charge in [-0.25, -0.2) is 4.79 Å². The number of anilines is 2. The van der Waals surface area contributed by atoms with Crippen molar-refractivity contribution in [2.45, 2.75) is 19.8 Å². The number of methoxy groups -OCH3 is 2. The molecular formula is C24H30N2O6. The van der Waals surface area contributed by atoms with Gasteiger partial charge in [-0.05, 0) is 48.4 Å². The second-order valence-corrected chi connectivity index (χ2v) is 6.77. The lowest BCUT2D eigenvalue weighted by Crippen LogP contribution is -2.16. The standard InChI is InChI=1S/C24H30N2O6/c1-4-5-13-31-21-11-9-18(16-22(21)30-3)10-12-23(27)25-19-7-6-8-20(17-19)26-24(28)32-15-14-29-2/h6-12,16-17H,4-5,13-15H2,1-3H3,(H,25,27)(H,26,28)/b12-10+. The normalized spacial score (nSPS) is 10.6. The van der Waals surface area contributed by atoms with Crippen molar-refractivity contribution >= 4 is 29.5 Å². The summed E-state index contributed by atoms with van der Waals surface area (Å²) in [6.45, 7) is 3.20.